The van der Waals surface area contributed by atoms with E-state index in [1.165, 1.54) is 0 Å². The number of anilines is 1. The second kappa shape index (κ2) is 6.57. The van der Waals surface area contributed by atoms with Crippen molar-refractivity contribution in [3.63, 3.8) is 0 Å². The first-order chi connectivity index (χ1) is 8.42. The Morgan fingerprint density at radius 2 is 1.78 bits per heavy atom. The van der Waals surface area contributed by atoms with Gasteiger partial charge in [0.05, 0.1) is 0 Å². The number of nitrogens with one attached hydrogen (secondary N) is 1. The van der Waals surface area contributed by atoms with E-state index in [1.807, 2.05) is 6.92 Å². The van der Waals surface area contributed by atoms with Gasteiger partial charge in [0, 0.05) is 25.6 Å². The molecule has 1 rings (SSSR count). The summed E-state index contributed by atoms with van der Waals surface area (Å²) in [6.07, 6.45) is 0.750. The number of aromatic amines is 1. The molecular weight excluding hydrogens is 226 g/mol. The van der Waals surface area contributed by atoms with Crippen LogP contribution in [0.3, 0.4) is 0 Å². The summed E-state index contributed by atoms with van der Waals surface area (Å²) in [5.74, 6) is 2.66. The van der Waals surface area contributed by atoms with Gasteiger partial charge in [-0.3, -0.25) is 4.79 Å². The van der Waals surface area contributed by atoms with Crippen molar-refractivity contribution in [1.82, 2.24) is 9.97 Å². The molecule has 0 fully saturated rings. The van der Waals surface area contributed by atoms with Crippen molar-refractivity contribution in [3.05, 3.63) is 22.2 Å². The summed E-state index contributed by atoms with van der Waals surface area (Å²) < 4.78 is 0. The van der Waals surface area contributed by atoms with Gasteiger partial charge in [-0.05, 0) is 11.8 Å². The average molecular weight is 251 g/mol. The van der Waals surface area contributed by atoms with Gasteiger partial charge in [-0.2, -0.15) is 0 Å². The molecule has 1 aromatic heterocycles. The summed E-state index contributed by atoms with van der Waals surface area (Å²) in [5, 5.41) is 0. The Bertz CT molecular complexity index is 413. The SMILES string of the molecule is CCc1nc(N(CC(C)C)CC(C)C)cc(=O)[nH]1. The molecule has 1 heterocycles. The number of aryl methyl sites for hydroxylation is 1. The molecule has 0 saturated heterocycles. The Kier molecular flexibility index (Phi) is 5.38. The highest BCUT2D eigenvalue weighted by Gasteiger charge is 2.13. The van der Waals surface area contributed by atoms with Crippen molar-refractivity contribution in [2.45, 2.75) is 41.0 Å². The molecule has 0 aliphatic carbocycles. The maximum absolute atomic E-state index is 11.6. The Labute approximate surface area is 109 Å². The van der Waals surface area contributed by atoms with Gasteiger partial charge in [-0.25, -0.2) is 4.98 Å². The first kappa shape index (κ1) is 14.7. The largest absolute Gasteiger partial charge is 0.356 e. The van der Waals surface area contributed by atoms with Crippen LogP contribution in [0.5, 0.6) is 0 Å². The fourth-order valence-corrected chi connectivity index (χ4v) is 1.97. The molecule has 0 radical (unpaired) electrons. The van der Waals surface area contributed by atoms with Gasteiger partial charge in [0.15, 0.2) is 0 Å². The molecule has 0 aromatic carbocycles. The van der Waals surface area contributed by atoms with Crippen LogP contribution >= 0.6 is 0 Å². The third-order valence-corrected chi connectivity index (χ3v) is 2.61. The minimum Gasteiger partial charge on any atom is -0.356 e. The summed E-state index contributed by atoms with van der Waals surface area (Å²) in [5.41, 5.74) is -0.0608. The molecule has 0 aliphatic rings. The Balaban J connectivity index is 3.03. The lowest BCUT2D eigenvalue weighted by atomic mass is 10.1. The highest BCUT2D eigenvalue weighted by Crippen LogP contribution is 2.13. The maximum Gasteiger partial charge on any atom is 0.252 e. The Morgan fingerprint density at radius 3 is 2.22 bits per heavy atom. The van der Waals surface area contributed by atoms with E-state index in [2.05, 4.69) is 42.6 Å². The predicted molar refractivity (Wildman–Crippen MR) is 76.1 cm³/mol. The standard InChI is InChI=1S/C14H25N3O/c1-6-12-15-13(7-14(18)16-12)17(8-10(2)3)9-11(4)5/h7,10-11H,6,8-9H2,1-5H3,(H,15,16,18). The number of hydrogen-bond donors (Lipinski definition) is 1. The van der Waals surface area contributed by atoms with Crippen LogP contribution in [0.2, 0.25) is 0 Å². The zero-order valence-corrected chi connectivity index (χ0v) is 12.2. The fraction of sp³-hybridized carbons (Fsp3) is 0.714. The van der Waals surface area contributed by atoms with Gasteiger partial charge in [-0.1, -0.05) is 34.6 Å². The molecule has 0 aliphatic heterocycles. The van der Waals surface area contributed by atoms with Gasteiger partial charge >= 0.3 is 0 Å². The van der Waals surface area contributed by atoms with Crippen LogP contribution in [0.15, 0.2) is 10.9 Å². The van der Waals surface area contributed by atoms with Gasteiger partial charge in [0.25, 0.3) is 5.56 Å². The molecule has 1 aromatic rings. The number of aromatic nitrogens is 2. The van der Waals surface area contributed by atoms with Crippen LogP contribution in [0.25, 0.3) is 0 Å². The second-order valence-electron chi connectivity index (χ2n) is 5.60. The van der Waals surface area contributed by atoms with Crippen molar-refractivity contribution >= 4 is 5.82 Å². The lowest BCUT2D eigenvalue weighted by Gasteiger charge is -2.27. The topological polar surface area (TPSA) is 49.0 Å². The first-order valence-corrected chi connectivity index (χ1v) is 6.77. The molecule has 4 nitrogen and oxygen atoms in total. The van der Waals surface area contributed by atoms with Gasteiger partial charge in [-0.15, -0.1) is 0 Å². The minimum atomic E-state index is -0.0608. The van der Waals surface area contributed by atoms with E-state index in [-0.39, 0.29) is 5.56 Å². The molecule has 4 heteroatoms. The number of rotatable bonds is 6. The molecule has 18 heavy (non-hydrogen) atoms. The number of hydrogen-bond acceptors (Lipinski definition) is 3. The van der Waals surface area contributed by atoms with E-state index in [4.69, 9.17) is 0 Å². The molecule has 1 N–H and O–H groups in total. The molecule has 0 saturated carbocycles. The third-order valence-electron chi connectivity index (χ3n) is 2.61. The second-order valence-corrected chi connectivity index (χ2v) is 5.60. The van der Waals surface area contributed by atoms with Crippen molar-refractivity contribution in [1.29, 1.82) is 0 Å². The normalized spacial score (nSPS) is 11.3. The molecule has 0 spiro atoms. The number of nitrogens with zero attached hydrogens (tertiary/aromatic N) is 2. The molecule has 102 valence electrons. The average Bonchev–Trinajstić information content (AvgIpc) is 2.26. The molecule has 0 unspecified atom stereocenters. The monoisotopic (exact) mass is 251 g/mol. The zero-order valence-electron chi connectivity index (χ0n) is 12.2. The van der Waals surface area contributed by atoms with Crippen LogP contribution in [-0.2, 0) is 6.42 Å². The van der Waals surface area contributed by atoms with Crippen LogP contribution in [-0.4, -0.2) is 23.1 Å². The van der Waals surface area contributed by atoms with E-state index in [1.54, 1.807) is 6.07 Å². The smallest absolute Gasteiger partial charge is 0.252 e. The first-order valence-electron chi connectivity index (χ1n) is 6.77. The van der Waals surface area contributed by atoms with Crippen LogP contribution in [0.4, 0.5) is 5.82 Å². The summed E-state index contributed by atoms with van der Waals surface area (Å²) in [6, 6.07) is 1.60. The Morgan fingerprint density at radius 1 is 1.22 bits per heavy atom. The minimum absolute atomic E-state index is 0.0608. The summed E-state index contributed by atoms with van der Waals surface area (Å²) in [7, 11) is 0. The fourth-order valence-electron chi connectivity index (χ4n) is 1.97. The van der Waals surface area contributed by atoms with Crippen molar-refractivity contribution in [3.8, 4) is 0 Å². The van der Waals surface area contributed by atoms with E-state index in [0.29, 0.717) is 11.8 Å². The lowest BCUT2D eigenvalue weighted by molar-refractivity contribution is 0.547. The van der Waals surface area contributed by atoms with Crippen LogP contribution in [0.1, 0.15) is 40.4 Å². The van der Waals surface area contributed by atoms with Gasteiger partial charge < -0.3 is 9.88 Å². The van der Waals surface area contributed by atoms with Crippen molar-refractivity contribution in [2.75, 3.05) is 18.0 Å². The maximum atomic E-state index is 11.6. The molecule has 0 atom stereocenters. The molecule has 0 bridgehead atoms. The molecule has 0 amide bonds. The highest BCUT2D eigenvalue weighted by molar-refractivity contribution is 5.37. The Hall–Kier alpha value is -1.32. The van der Waals surface area contributed by atoms with E-state index in [9.17, 15) is 4.79 Å². The van der Waals surface area contributed by atoms with Crippen molar-refractivity contribution in [2.24, 2.45) is 11.8 Å². The summed E-state index contributed by atoms with van der Waals surface area (Å²) >= 11 is 0. The zero-order chi connectivity index (χ0) is 13.7. The van der Waals surface area contributed by atoms with Crippen LogP contribution < -0.4 is 10.5 Å². The summed E-state index contributed by atoms with van der Waals surface area (Å²) in [4.78, 5) is 21.1. The van der Waals surface area contributed by atoms with E-state index < -0.39 is 0 Å². The third kappa shape index (κ3) is 4.51. The van der Waals surface area contributed by atoms with E-state index in [0.717, 1.165) is 31.2 Å². The van der Waals surface area contributed by atoms with Gasteiger partial charge in [0.2, 0.25) is 0 Å². The number of H-pyrrole nitrogens is 1. The highest BCUT2D eigenvalue weighted by atomic mass is 16.1. The van der Waals surface area contributed by atoms with E-state index >= 15 is 0 Å². The van der Waals surface area contributed by atoms with Crippen LogP contribution in [0, 0.1) is 11.8 Å². The van der Waals surface area contributed by atoms with Gasteiger partial charge in [0.1, 0.15) is 11.6 Å². The quantitative estimate of drug-likeness (QED) is 0.845. The predicted octanol–water partition coefficient (Wildman–Crippen LogP) is 2.45. The lowest BCUT2D eigenvalue weighted by Crippen LogP contribution is -2.33. The van der Waals surface area contributed by atoms with Crippen molar-refractivity contribution < 1.29 is 0 Å². The summed E-state index contributed by atoms with van der Waals surface area (Å²) in [6.45, 7) is 12.6. The molecular formula is C14H25N3O.